The maximum atomic E-state index is 4.37. The van der Waals surface area contributed by atoms with Crippen molar-refractivity contribution in [1.29, 1.82) is 0 Å². The van der Waals surface area contributed by atoms with Crippen LogP contribution in [0.15, 0.2) is 35.1 Å². The molecule has 2 aromatic rings. The van der Waals surface area contributed by atoms with Gasteiger partial charge in [0.15, 0.2) is 5.82 Å². The van der Waals surface area contributed by atoms with Crippen LogP contribution in [0.1, 0.15) is 5.69 Å². The topological polar surface area (TPSA) is 38.7 Å². The minimum absolute atomic E-state index is 0.638. The fourth-order valence-corrected chi connectivity index (χ4v) is 1.88. The van der Waals surface area contributed by atoms with E-state index in [-0.39, 0.29) is 0 Å². The summed E-state index contributed by atoms with van der Waals surface area (Å²) in [5.74, 6) is 0.638. The minimum Gasteiger partial charge on any atom is -0.252 e. The number of hydrogen-bond acceptors (Lipinski definition) is 3. The highest BCUT2D eigenvalue weighted by Gasteiger charge is 2.07. The lowest BCUT2D eigenvalue weighted by atomic mass is 10.3. The van der Waals surface area contributed by atoms with Crippen LogP contribution in [0.4, 0.5) is 0 Å². The predicted molar refractivity (Wildman–Crippen MR) is 65.6 cm³/mol. The summed E-state index contributed by atoms with van der Waals surface area (Å²) in [5, 5.41) is 0.715. The van der Waals surface area contributed by atoms with E-state index < -0.39 is 0 Å². The van der Waals surface area contributed by atoms with E-state index in [1.807, 2.05) is 18.2 Å². The molecule has 0 radical (unpaired) electrons. The molecule has 0 N–H and O–H groups in total. The summed E-state index contributed by atoms with van der Waals surface area (Å²) in [7, 11) is 0. The highest BCUT2D eigenvalue weighted by molar-refractivity contribution is 9.10. The lowest BCUT2D eigenvalue weighted by Gasteiger charge is -2.02. The van der Waals surface area contributed by atoms with Gasteiger partial charge in [0.05, 0.1) is 5.69 Å². The van der Waals surface area contributed by atoms with Crippen molar-refractivity contribution in [3.63, 3.8) is 0 Å². The second kappa shape index (κ2) is 4.81. The van der Waals surface area contributed by atoms with Crippen LogP contribution in [0.2, 0.25) is 0 Å². The molecule has 0 fully saturated rings. The molecule has 0 saturated carbocycles. The van der Waals surface area contributed by atoms with Crippen LogP contribution in [-0.4, -0.2) is 15.0 Å². The van der Waals surface area contributed by atoms with Gasteiger partial charge in [0.2, 0.25) is 0 Å². The minimum atomic E-state index is 0.638. The Morgan fingerprint density at radius 2 is 2.00 bits per heavy atom. The van der Waals surface area contributed by atoms with Gasteiger partial charge in [-0.1, -0.05) is 15.9 Å². The van der Waals surface area contributed by atoms with Gasteiger partial charge in [-0.25, -0.2) is 9.97 Å². The van der Waals surface area contributed by atoms with Gasteiger partial charge >= 0.3 is 0 Å². The van der Waals surface area contributed by atoms with Gasteiger partial charge in [0.1, 0.15) is 5.69 Å². The van der Waals surface area contributed by atoms with E-state index in [0.29, 0.717) is 11.2 Å². The average Bonchev–Trinajstić information content (AvgIpc) is 2.30. The van der Waals surface area contributed by atoms with Crippen LogP contribution in [0.3, 0.4) is 0 Å². The molecule has 0 aliphatic rings. The monoisotopic (exact) mass is 327 g/mol. The molecule has 0 aliphatic carbocycles. The molecule has 5 heteroatoms. The largest absolute Gasteiger partial charge is 0.252 e. The van der Waals surface area contributed by atoms with Crippen molar-refractivity contribution in [2.75, 3.05) is 0 Å². The molecular formula is C10H7Br2N3. The first-order valence-corrected chi connectivity index (χ1v) is 6.21. The van der Waals surface area contributed by atoms with Crippen molar-refractivity contribution < 1.29 is 0 Å². The van der Waals surface area contributed by atoms with Crippen molar-refractivity contribution >= 4 is 31.9 Å². The number of alkyl halides is 1. The number of halogens is 2. The average molecular weight is 329 g/mol. The van der Waals surface area contributed by atoms with Gasteiger partial charge in [-0.2, -0.15) is 0 Å². The third kappa shape index (κ3) is 2.41. The van der Waals surface area contributed by atoms with Gasteiger partial charge in [-0.3, -0.25) is 4.98 Å². The molecule has 0 amide bonds. The van der Waals surface area contributed by atoms with Crippen molar-refractivity contribution in [3.05, 3.63) is 40.8 Å². The smallest absolute Gasteiger partial charge is 0.179 e. The van der Waals surface area contributed by atoms with E-state index in [4.69, 9.17) is 0 Å². The fourth-order valence-electron chi connectivity index (χ4n) is 1.13. The summed E-state index contributed by atoms with van der Waals surface area (Å²) in [5.41, 5.74) is 1.71. The fraction of sp³-hybridized carbons (Fsp3) is 0.100. The Morgan fingerprint density at radius 3 is 2.73 bits per heavy atom. The highest BCUT2D eigenvalue weighted by Crippen LogP contribution is 2.22. The quantitative estimate of drug-likeness (QED) is 0.795. The zero-order chi connectivity index (χ0) is 10.7. The Hall–Kier alpha value is -0.810. The standard InChI is InChI=1S/C10H7Br2N3/c11-6-7-3-5-14-10(15-7)9-8(12)2-1-4-13-9/h1-5H,6H2. The van der Waals surface area contributed by atoms with Crippen molar-refractivity contribution in [1.82, 2.24) is 15.0 Å². The molecule has 0 aliphatic heterocycles. The van der Waals surface area contributed by atoms with Crippen molar-refractivity contribution in [2.45, 2.75) is 5.33 Å². The molecule has 76 valence electrons. The molecule has 15 heavy (non-hydrogen) atoms. The van der Waals surface area contributed by atoms with E-state index in [1.165, 1.54) is 0 Å². The summed E-state index contributed by atoms with van der Waals surface area (Å²) >= 11 is 6.79. The summed E-state index contributed by atoms with van der Waals surface area (Å²) in [6, 6.07) is 5.66. The molecule has 0 aromatic carbocycles. The summed E-state index contributed by atoms with van der Waals surface area (Å²) in [6.07, 6.45) is 3.46. The zero-order valence-corrected chi connectivity index (χ0v) is 10.9. The summed E-state index contributed by atoms with van der Waals surface area (Å²) < 4.78 is 0.900. The Balaban J connectivity index is 2.49. The number of aromatic nitrogens is 3. The van der Waals surface area contributed by atoms with Crippen LogP contribution < -0.4 is 0 Å². The van der Waals surface area contributed by atoms with Crippen LogP contribution in [-0.2, 0) is 5.33 Å². The number of pyridine rings is 1. The first-order chi connectivity index (χ1) is 7.31. The highest BCUT2D eigenvalue weighted by atomic mass is 79.9. The molecule has 0 saturated heterocycles. The van der Waals surface area contributed by atoms with Gasteiger partial charge in [0.25, 0.3) is 0 Å². The molecule has 0 unspecified atom stereocenters. The maximum absolute atomic E-state index is 4.37. The SMILES string of the molecule is BrCc1ccnc(-c2ncccc2Br)n1. The Kier molecular flexibility index (Phi) is 3.43. The first kappa shape index (κ1) is 10.7. The van der Waals surface area contributed by atoms with E-state index in [1.54, 1.807) is 12.4 Å². The predicted octanol–water partition coefficient (Wildman–Crippen LogP) is 3.20. The molecular weight excluding hydrogens is 322 g/mol. The normalized spacial score (nSPS) is 10.3. The van der Waals surface area contributed by atoms with Crippen LogP contribution in [0, 0.1) is 0 Å². The van der Waals surface area contributed by atoms with Crippen molar-refractivity contribution in [3.8, 4) is 11.5 Å². The van der Waals surface area contributed by atoms with E-state index in [2.05, 4.69) is 46.8 Å². The Bertz CT molecular complexity index is 474. The maximum Gasteiger partial charge on any atom is 0.179 e. The van der Waals surface area contributed by atoms with Crippen LogP contribution in [0.5, 0.6) is 0 Å². The molecule has 0 atom stereocenters. The van der Waals surface area contributed by atoms with Gasteiger partial charge in [0, 0.05) is 22.2 Å². The lowest BCUT2D eigenvalue weighted by Crippen LogP contribution is -1.95. The molecule has 2 heterocycles. The van der Waals surface area contributed by atoms with Gasteiger partial charge < -0.3 is 0 Å². The third-order valence-corrected chi connectivity index (χ3v) is 3.03. The van der Waals surface area contributed by atoms with E-state index in [9.17, 15) is 0 Å². The van der Waals surface area contributed by atoms with Crippen LogP contribution >= 0.6 is 31.9 Å². The van der Waals surface area contributed by atoms with E-state index in [0.717, 1.165) is 15.9 Å². The third-order valence-electron chi connectivity index (χ3n) is 1.82. The second-order valence-corrected chi connectivity index (χ2v) is 4.25. The first-order valence-electron chi connectivity index (χ1n) is 4.30. The summed E-state index contributed by atoms with van der Waals surface area (Å²) in [6.45, 7) is 0. The van der Waals surface area contributed by atoms with E-state index >= 15 is 0 Å². The molecule has 0 bridgehead atoms. The number of hydrogen-bond donors (Lipinski definition) is 0. The number of rotatable bonds is 2. The Morgan fingerprint density at radius 1 is 1.13 bits per heavy atom. The molecule has 2 rings (SSSR count). The zero-order valence-electron chi connectivity index (χ0n) is 7.69. The molecule has 2 aromatic heterocycles. The van der Waals surface area contributed by atoms with Gasteiger partial charge in [-0.15, -0.1) is 0 Å². The van der Waals surface area contributed by atoms with Crippen molar-refractivity contribution in [2.24, 2.45) is 0 Å². The lowest BCUT2D eigenvalue weighted by molar-refractivity contribution is 1.08. The van der Waals surface area contributed by atoms with Crippen LogP contribution in [0.25, 0.3) is 11.5 Å². The second-order valence-electron chi connectivity index (χ2n) is 2.84. The van der Waals surface area contributed by atoms with Gasteiger partial charge in [-0.05, 0) is 34.1 Å². The molecule has 0 spiro atoms. The molecule has 3 nitrogen and oxygen atoms in total. The summed E-state index contributed by atoms with van der Waals surface area (Å²) in [4.78, 5) is 12.8. The Labute approximate surface area is 104 Å². The number of nitrogens with zero attached hydrogens (tertiary/aromatic N) is 3.